The van der Waals surface area contributed by atoms with E-state index in [-0.39, 0.29) is 12.1 Å². The molecule has 0 amide bonds. The van der Waals surface area contributed by atoms with Crippen molar-refractivity contribution in [2.24, 2.45) is 0 Å². The third-order valence-corrected chi connectivity index (χ3v) is 4.47. The molecule has 0 aliphatic rings. The number of hydrogen-bond donors (Lipinski definition) is 1. The highest BCUT2D eigenvalue weighted by atomic mass is 32.2. The Bertz CT molecular complexity index is 606. The SMILES string of the molecule is CCc1c(C(C)NC(C)CS(C)=O)oc2ccccc12. The van der Waals surface area contributed by atoms with Crippen molar-refractivity contribution < 1.29 is 8.63 Å². The first-order valence-electron chi connectivity index (χ1n) is 7.09. The number of rotatable bonds is 6. The molecule has 2 aromatic rings. The lowest BCUT2D eigenvalue weighted by atomic mass is 10.0. The second-order valence-electron chi connectivity index (χ2n) is 5.32. The van der Waals surface area contributed by atoms with Crippen molar-refractivity contribution in [1.82, 2.24) is 5.32 Å². The fourth-order valence-electron chi connectivity index (χ4n) is 2.73. The Labute approximate surface area is 123 Å². The van der Waals surface area contributed by atoms with Gasteiger partial charge in [-0.25, -0.2) is 0 Å². The standard InChI is InChI=1S/C16H23NO2S/c1-5-13-14-8-6-7-9-15(14)19-16(13)12(3)17-11(2)10-20(4)18/h6-9,11-12,17H,5,10H2,1-4H3. The van der Waals surface area contributed by atoms with Gasteiger partial charge in [-0.2, -0.15) is 0 Å². The van der Waals surface area contributed by atoms with E-state index in [4.69, 9.17) is 4.42 Å². The minimum atomic E-state index is -0.783. The van der Waals surface area contributed by atoms with Gasteiger partial charge in [-0.3, -0.25) is 4.21 Å². The molecule has 1 N–H and O–H groups in total. The Morgan fingerprint density at radius 1 is 1.30 bits per heavy atom. The van der Waals surface area contributed by atoms with Gasteiger partial charge in [0, 0.05) is 39.8 Å². The van der Waals surface area contributed by atoms with Crippen LogP contribution in [0.1, 0.15) is 38.1 Å². The van der Waals surface area contributed by atoms with E-state index in [1.54, 1.807) is 6.26 Å². The fourth-order valence-corrected chi connectivity index (χ4v) is 3.54. The van der Waals surface area contributed by atoms with Crippen LogP contribution in [0.25, 0.3) is 11.0 Å². The maximum atomic E-state index is 11.3. The number of fused-ring (bicyclic) bond motifs is 1. The maximum Gasteiger partial charge on any atom is 0.134 e. The zero-order chi connectivity index (χ0) is 14.7. The quantitative estimate of drug-likeness (QED) is 0.887. The predicted molar refractivity (Wildman–Crippen MR) is 85.5 cm³/mol. The second-order valence-corrected chi connectivity index (χ2v) is 6.80. The van der Waals surface area contributed by atoms with E-state index in [1.165, 1.54) is 10.9 Å². The largest absolute Gasteiger partial charge is 0.459 e. The summed E-state index contributed by atoms with van der Waals surface area (Å²) in [5.74, 6) is 1.66. The molecule has 3 nitrogen and oxygen atoms in total. The van der Waals surface area contributed by atoms with Crippen LogP contribution < -0.4 is 5.32 Å². The average Bonchev–Trinajstić information content (AvgIpc) is 2.76. The molecule has 0 fully saturated rings. The van der Waals surface area contributed by atoms with Crippen LogP contribution in [0.4, 0.5) is 0 Å². The highest BCUT2D eigenvalue weighted by molar-refractivity contribution is 7.84. The molecule has 0 aliphatic heterocycles. The lowest BCUT2D eigenvalue weighted by Crippen LogP contribution is -2.33. The molecule has 0 bridgehead atoms. The third kappa shape index (κ3) is 3.30. The van der Waals surface area contributed by atoms with E-state index in [0.717, 1.165) is 17.8 Å². The molecule has 3 atom stereocenters. The monoisotopic (exact) mass is 293 g/mol. The summed E-state index contributed by atoms with van der Waals surface area (Å²) in [6.07, 6.45) is 2.69. The lowest BCUT2D eigenvalue weighted by molar-refractivity contribution is 0.421. The van der Waals surface area contributed by atoms with Gasteiger partial charge in [0.05, 0.1) is 6.04 Å². The first kappa shape index (κ1) is 15.3. The lowest BCUT2D eigenvalue weighted by Gasteiger charge is -2.18. The summed E-state index contributed by atoms with van der Waals surface area (Å²) >= 11 is 0. The van der Waals surface area contributed by atoms with Gasteiger partial charge in [0.1, 0.15) is 11.3 Å². The van der Waals surface area contributed by atoms with Crippen LogP contribution in [0.5, 0.6) is 0 Å². The Kier molecular flexibility index (Phi) is 5.00. The average molecular weight is 293 g/mol. The summed E-state index contributed by atoms with van der Waals surface area (Å²) in [7, 11) is -0.783. The molecule has 0 saturated carbocycles. The highest BCUT2D eigenvalue weighted by Gasteiger charge is 2.19. The normalized spacial score (nSPS) is 16.2. The number of hydrogen-bond acceptors (Lipinski definition) is 3. The van der Waals surface area contributed by atoms with Crippen LogP contribution in [-0.2, 0) is 17.2 Å². The van der Waals surface area contributed by atoms with E-state index in [2.05, 4.69) is 32.2 Å². The van der Waals surface area contributed by atoms with Gasteiger partial charge in [-0.1, -0.05) is 25.1 Å². The van der Waals surface area contributed by atoms with E-state index in [0.29, 0.717) is 5.75 Å². The van der Waals surface area contributed by atoms with Crippen LogP contribution in [-0.4, -0.2) is 22.3 Å². The minimum absolute atomic E-state index is 0.121. The van der Waals surface area contributed by atoms with Crippen molar-refractivity contribution in [3.8, 4) is 0 Å². The van der Waals surface area contributed by atoms with Crippen molar-refractivity contribution in [3.63, 3.8) is 0 Å². The first-order chi connectivity index (χ1) is 9.52. The van der Waals surface area contributed by atoms with Gasteiger partial charge in [0.2, 0.25) is 0 Å². The summed E-state index contributed by atoms with van der Waals surface area (Å²) in [4.78, 5) is 0. The number of aryl methyl sites for hydroxylation is 1. The molecule has 1 aromatic carbocycles. The highest BCUT2D eigenvalue weighted by Crippen LogP contribution is 2.30. The molecule has 0 radical (unpaired) electrons. The van der Waals surface area contributed by atoms with E-state index < -0.39 is 10.8 Å². The number of nitrogens with one attached hydrogen (secondary N) is 1. The molecule has 0 aliphatic carbocycles. The Morgan fingerprint density at radius 3 is 2.65 bits per heavy atom. The smallest absolute Gasteiger partial charge is 0.134 e. The molecule has 3 unspecified atom stereocenters. The Balaban J connectivity index is 2.25. The van der Waals surface area contributed by atoms with E-state index in [9.17, 15) is 4.21 Å². The number of benzene rings is 1. The summed E-state index contributed by atoms with van der Waals surface area (Å²) < 4.78 is 17.3. The summed E-state index contributed by atoms with van der Waals surface area (Å²) in [6, 6.07) is 8.48. The predicted octanol–water partition coefficient (Wildman–Crippen LogP) is 3.41. The van der Waals surface area contributed by atoms with Crippen molar-refractivity contribution in [3.05, 3.63) is 35.6 Å². The fraction of sp³-hybridized carbons (Fsp3) is 0.500. The molecular formula is C16H23NO2S. The minimum Gasteiger partial charge on any atom is -0.459 e. The summed E-state index contributed by atoms with van der Waals surface area (Å²) in [5.41, 5.74) is 2.21. The zero-order valence-corrected chi connectivity index (χ0v) is 13.4. The van der Waals surface area contributed by atoms with Crippen LogP contribution in [0.15, 0.2) is 28.7 Å². The Morgan fingerprint density at radius 2 is 2.00 bits per heavy atom. The van der Waals surface area contributed by atoms with Crippen molar-refractivity contribution >= 4 is 21.8 Å². The molecule has 20 heavy (non-hydrogen) atoms. The summed E-state index contributed by atoms with van der Waals surface area (Å²) in [6.45, 7) is 6.32. The van der Waals surface area contributed by atoms with Gasteiger partial charge in [-0.05, 0) is 26.3 Å². The second kappa shape index (κ2) is 6.55. The number of para-hydroxylation sites is 1. The van der Waals surface area contributed by atoms with Crippen LogP contribution in [0.3, 0.4) is 0 Å². The molecule has 0 saturated heterocycles. The van der Waals surface area contributed by atoms with Gasteiger partial charge < -0.3 is 9.73 Å². The van der Waals surface area contributed by atoms with Crippen molar-refractivity contribution in [2.45, 2.75) is 39.3 Å². The van der Waals surface area contributed by atoms with Gasteiger partial charge in [0.15, 0.2) is 0 Å². The van der Waals surface area contributed by atoms with E-state index in [1.807, 2.05) is 18.2 Å². The zero-order valence-electron chi connectivity index (χ0n) is 12.6. The Hall–Kier alpha value is -1.13. The first-order valence-corrected chi connectivity index (χ1v) is 8.82. The molecule has 2 rings (SSSR count). The van der Waals surface area contributed by atoms with Gasteiger partial charge in [0.25, 0.3) is 0 Å². The number of furan rings is 1. The van der Waals surface area contributed by atoms with Crippen molar-refractivity contribution in [2.75, 3.05) is 12.0 Å². The van der Waals surface area contributed by atoms with Gasteiger partial charge in [-0.15, -0.1) is 0 Å². The topological polar surface area (TPSA) is 42.2 Å². The van der Waals surface area contributed by atoms with Crippen LogP contribution in [0.2, 0.25) is 0 Å². The van der Waals surface area contributed by atoms with Crippen molar-refractivity contribution in [1.29, 1.82) is 0 Å². The van der Waals surface area contributed by atoms with Crippen LogP contribution >= 0.6 is 0 Å². The molecule has 4 heteroatoms. The van der Waals surface area contributed by atoms with E-state index >= 15 is 0 Å². The molecule has 110 valence electrons. The van der Waals surface area contributed by atoms with Gasteiger partial charge >= 0.3 is 0 Å². The third-order valence-electron chi connectivity index (χ3n) is 3.50. The van der Waals surface area contributed by atoms with Crippen LogP contribution in [0, 0.1) is 0 Å². The molecule has 1 heterocycles. The molecule has 0 spiro atoms. The maximum absolute atomic E-state index is 11.3. The molecular weight excluding hydrogens is 270 g/mol. The molecule has 1 aromatic heterocycles. The summed E-state index contributed by atoms with van der Waals surface area (Å²) in [5, 5.41) is 4.68.